The Morgan fingerprint density at radius 2 is 2.06 bits per heavy atom. The molecule has 0 unspecified atom stereocenters. The van der Waals surface area contributed by atoms with Crippen molar-refractivity contribution in [3.8, 4) is 0 Å². The monoisotopic (exact) mass is 229 g/mol. The van der Waals surface area contributed by atoms with E-state index in [1.165, 1.54) is 12.1 Å². The topological polar surface area (TPSA) is 26.0 Å². The maximum atomic E-state index is 12.5. The zero-order valence-electron chi connectivity index (χ0n) is 8.96. The summed E-state index contributed by atoms with van der Waals surface area (Å²) < 4.78 is 37.4. The molecule has 1 aromatic carbocycles. The van der Waals surface area contributed by atoms with Crippen LogP contribution in [0.15, 0.2) is 24.3 Å². The molecule has 2 N–H and O–H groups in total. The van der Waals surface area contributed by atoms with E-state index in [4.69, 9.17) is 5.73 Å². The summed E-state index contributed by atoms with van der Waals surface area (Å²) in [4.78, 5) is 0. The molecule has 0 saturated heterocycles. The number of nitrogens with two attached hydrogens (primary N) is 1. The molecular weight excluding hydrogens is 215 g/mol. The fourth-order valence-electron chi connectivity index (χ4n) is 2.12. The number of rotatable bonds is 2. The van der Waals surface area contributed by atoms with Crippen LogP contribution in [0.2, 0.25) is 0 Å². The summed E-state index contributed by atoms with van der Waals surface area (Å²) in [5.74, 6) is 0.547. The molecule has 16 heavy (non-hydrogen) atoms. The zero-order chi connectivity index (χ0) is 11.9. The molecule has 88 valence electrons. The highest BCUT2D eigenvalue weighted by Gasteiger charge is 2.41. The van der Waals surface area contributed by atoms with E-state index in [0.29, 0.717) is 5.92 Å². The van der Waals surface area contributed by atoms with Gasteiger partial charge in [-0.3, -0.25) is 0 Å². The lowest BCUT2D eigenvalue weighted by atomic mass is 10.0. The molecule has 0 amide bonds. The smallest absolute Gasteiger partial charge is 0.328 e. The molecule has 0 aliphatic heterocycles. The number of halogens is 3. The van der Waals surface area contributed by atoms with Gasteiger partial charge in [-0.2, -0.15) is 13.2 Å². The SMILES string of the molecule is C[C@@H](N)[C@H]1C[C@@H]1c1cccc(C(F)(F)F)c1. The lowest BCUT2D eigenvalue weighted by Gasteiger charge is -2.09. The van der Waals surface area contributed by atoms with Crippen molar-refractivity contribution in [1.29, 1.82) is 0 Å². The average Bonchev–Trinajstić information content (AvgIpc) is 2.96. The normalized spacial score (nSPS) is 26.6. The molecule has 0 aromatic heterocycles. The number of hydrogen-bond donors (Lipinski definition) is 1. The van der Waals surface area contributed by atoms with Crippen LogP contribution in [-0.2, 0) is 6.18 Å². The summed E-state index contributed by atoms with van der Waals surface area (Å²) in [5.41, 5.74) is 5.92. The van der Waals surface area contributed by atoms with Gasteiger partial charge in [-0.05, 0) is 36.8 Å². The molecule has 0 spiro atoms. The van der Waals surface area contributed by atoms with Gasteiger partial charge in [-0.25, -0.2) is 0 Å². The standard InChI is InChI=1S/C12H14F3N/c1-7(16)10-6-11(10)8-3-2-4-9(5-8)12(13,14)15/h2-5,7,10-11H,6,16H2,1H3/t7-,10-,11-/m1/s1. The highest BCUT2D eigenvalue weighted by Crippen LogP contribution is 2.49. The summed E-state index contributed by atoms with van der Waals surface area (Å²) in [6.07, 6.45) is -3.35. The third-order valence-corrected chi connectivity index (χ3v) is 3.16. The van der Waals surface area contributed by atoms with Crippen LogP contribution >= 0.6 is 0 Å². The number of hydrogen-bond acceptors (Lipinski definition) is 1. The first-order chi connectivity index (χ1) is 7.39. The quantitative estimate of drug-likeness (QED) is 0.828. The average molecular weight is 229 g/mol. The van der Waals surface area contributed by atoms with Gasteiger partial charge in [0.2, 0.25) is 0 Å². The van der Waals surface area contributed by atoms with Gasteiger partial charge < -0.3 is 5.73 Å². The first-order valence-corrected chi connectivity index (χ1v) is 5.32. The van der Waals surface area contributed by atoms with Crippen molar-refractivity contribution < 1.29 is 13.2 Å². The Hall–Kier alpha value is -1.03. The highest BCUT2D eigenvalue weighted by atomic mass is 19.4. The number of benzene rings is 1. The molecule has 1 aliphatic carbocycles. The van der Waals surface area contributed by atoms with Crippen LogP contribution in [-0.4, -0.2) is 6.04 Å². The minimum atomic E-state index is -4.26. The predicted octanol–water partition coefficient (Wildman–Crippen LogP) is 3.16. The fraction of sp³-hybridized carbons (Fsp3) is 0.500. The first-order valence-electron chi connectivity index (χ1n) is 5.32. The van der Waals surface area contributed by atoms with Gasteiger partial charge in [-0.1, -0.05) is 18.2 Å². The van der Waals surface area contributed by atoms with Crippen LogP contribution in [0.4, 0.5) is 13.2 Å². The molecule has 1 saturated carbocycles. The van der Waals surface area contributed by atoms with Crippen LogP contribution in [0, 0.1) is 5.92 Å². The molecule has 1 nitrogen and oxygen atoms in total. The molecule has 0 bridgehead atoms. The zero-order valence-corrected chi connectivity index (χ0v) is 8.96. The van der Waals surface area contributed by atoms with E-state index < -0.39 is 11.7 Å². The molecular formula is C12H14F3N. The Morgan fingerprint density at radius 3 is 2.56 bits per heavy atom. The van der Waals surface area contributed by atoms with E-state index >= 15 is 0 Å². The molecule has 0 radical (unpaired) electrons. The van der Waals surface area contributed by atoms with Gasteiger partial charge in [0, 0.05) is 6.04 Å². The summed E-state index contributed by atoms with van der Waals surface area (Å²) >= 11 is 0. The minimum absolute atomic E-state index is 0.0551. The van der Waals surface area contributed by atoms with Crippen molar-refractivity contribution >= 4 is 0 Å². The second-order valence-corrected chi connectivity index (χ2v) is 4.49. The molecule has 2 rings (SSSR count). The molecule has 1 aliphatic rings. The van der Waals surface area contributed by atoms with E-state index in [1.54, 1.807) is 6.07 Å². The van der Waals surface area contributed by atoms with Gasteiger partial charge in [0.05, 0.1) is 5.56 Å². The second kappa shape index (κ2) is 3.77. The Bertz CT molecular complexity index is 384. The van der Waals surface area contributed by atoms with Gasteiger partial charge in [0.1, 0.15) is 0 Å². The van der Waals surface area contributed by atoms with Crippen LogP contribution in [0.1, 0.15) is 30.4 Å². The van der Waals surface area contributed by atoms with Crippen molar-refractivity contribution in [2.45, 2.75) is 31.5 Å². The molecule has 1 fully saturated rings. The molecule has 4 heteroatoms. The Morgan fingerprint density at radius 1 is 1.38 bits per heavy atom. The van der Waals surface area contributed by atoms with Crippen molar-refractivity contribution in [3.05, 3.63) is 35.4 Å². The largest absolute Gasteiger partial charge is 0.416 e. The summed E-state index contributed by atoms with van der Waals surface area (Å²) in [5, 5.41) is 0. The van der Waals surface area contributed by atoms with Gasteiger partial charge >= 0.3 is 6.18 Å². The predicted molar refractivity (Wildman–Crippen MR) is 55.9 cm³/mol. The third kappa shape index (κ3) is 2.21. The van der Waals surface area contributed by atoms with Crippen LogP contribution < -0.4 is 5.73 Å². The van der Waals surface area contributed by atoms with Crippen molar-refractivity contribution in [1.82, 2.24) is 0 Å². The van der Waals surface area contributed by atoms with Crippen molar-refractivity contribution in [2.75, 3.05) is 0 Å². The Labute approximate surface area is 92.5 Å². The van der Waals surface area contributed by atoms with Gasteiger partial charge in [0.15, 0.2) is 0 Å². The lowest BCUT2D eigenvalue weighted by Crippen LogP contribution is -2.18. The summed E-state index contributed by atoms with van der Waals surface area (Å²) in [7, 11) is 0. The molecule has 0 heterocycles. The van der Waals surface area contributed by atoms with Crippen LogP contribution in [0.3, 0.4) is 0 Å². The first kappa shape index (κ1) is 11.5. The Balaban J connectivity index is 2.19. The fourth-order valence-corrected chi connectivity index (χ4v) is 2.12. The lowest BCUT2D eigenvalue weighted by molar-refractivity contribution is -0.137. The van der Waals surface area contributed by atoms with Crippen molar-refractivity contribution in [3.63, 3.8) is 0 Å². The highest BCUT2D eigenvalue weighted by molar-refractivity contribution is 5.32. The maximum Gasteiger partial charge on any atom is 0.416 e. The van der Waals surface area contributed by atoms with Crippen molar-refractivity contribution in [2.24, 2.45) is 11.7 Å². The summed E-state index contributed by atoms with van der Waals surface area (Å²) in [6.45, 7) is 1.90. The van der Waals surface area contributed by atoms with E-state index in [1.807, 2.05) is 6.92 Å². The van der Waals surface area contributed by atoms with Gasteiger partial charge in [0.25, 0.3) is 0 Å². The maximum absolute atomic E-state index is 12.5. The second-order valence-electron chi connectivity index (χ2n) is 4.49. The summed E-state index contributed by atoms with van der Waals surface area (Å²) in [6, 6.07) is 5.62. The van der Waals surface area contributed by atoms with E-state index in [0.717, 1.165) is 18.1 Å². The molecule has 1 aromatic rings. The third-order valence-electron chi connectivity index (χ3n) is 3.16. The van der Waals surface area contributed by atoms with E-state index in [2.05, 4.69) is 0 Å². The number of alkyl halides is 3. The van der Waals surface area contributed by atoms with Crippen LogP contribution in [0.25, 0.3) is 0 Å². The Kier molecular flexibility index (Phi) is 2.70. The van der Waals surface area contributed by atoms with Crippen LogP contribution in [0.5, 0.6) is 0 Å². The van der Waals surface area contributed by atoms with Gasteiger partial charge in [-0.15, -0.1) is 0 Å². The van der Waals surface area contributed by atoms with E-state index in [9.17, 15) is 13.2 Å². The molecule has 3 atom stereocenters. The van der Waals surface area contributed by atoms with E-state index in [-0.39, 0.29) is 12.0 Å². The minimum Gasteiger partial charge on any atom is -0.328 e.